The van der Waals surface area contributed by atoms with Crippen molar-refractivity contribution in [3.63, 3.8) is 0 Å². The van der Waals surface area contributed by atoms with E-state index in [0.29, 0.717) is 6.04 Å². The number of nitrogens with zero attached hydrogens (tertiary/aromatic N) is 2. The Kier molecular flexibility index (Phi) is 6.90. The summed E-state index contributed by atoms with van der Waals surface area (Å²) in [4.78, 5) is 7.13. The molecule has 0 amide bonds. The minimum absolute atomic E-state index is 0.601. The van der Waals surface area contributed by atoms with Crippen molar-refractivity contribution in [1.82, 2.24) is 15.5 Å². The van der Waals surface area contributed by atoms with Crippen LogP contribution in [-0.4, -0.2) is 36.5 Å². The minimum Gasteiger partial charge on any atom is -0.357 e. The number of aliphatic imine (C=N–C) groups is 1. The number of hydrogen-bond acceptors (Lipinski definition) is 2. The van der Waals surface area contributed by atoms with Gasteiger partial charge in [-0.2, -0.15) is 0 Å². The molecule has 1 aromatic rings. The lowest BCUT2D eigenvalue weighted by Crippen LogP contribution is -2.39. The molecule has 0 aliphatic heterocycles. The van der Waals surface area contributed by atoms with Crippen molar-refractivity contribution in [2.24, 2.45) is 10.9 Å². The van der Waals surface area contributed by atoms with Gasteiger partial charge in [0.15, 0.2) is 5.96 Å². The summed E-state index contributed by atoms with van der Waals surface area (Å²) in [6.45, 7) is 13.6. The van der Waals surface area contributed by atoms with Crippen LogP contribution in [0.1, 0.15) is 45.2 Å². The van der Waals surface area contributed by atoms with Crippen LogP contribution in [0, 0.1) is 5.92 Å². The molecule has 1 fully saturated rings. The second-order valence-corrected chi connectivity index (χ2v) is 6.44. The Bertz CT molecular complexity index is 491. The van der Waals surface area contributed by atoms with Crippen molar-refractivity contribution in [2.45, 2.75) is 53.2 Å². The molecule has 0 heterocycles. The first-order valence-electron chi connectivity index (χ1n) is 9.01. The van der Waals surface area contributed by atoms with Gasteiger partial charge in [-0.15, -0.1) is 0 Å². The van der Waals surface area contributed by atoms with Crippen LogP contribution >= 0.6 is 0 Å². The van der Waals surface area contributed by atoms with Crippen molar-refractivity contribution < 1.29 is 0 Å². The number of guanidine groups is 1. The third kappa shape index (κ3) is 5.87. The fourth-order valence-corrected chi connectivity index (χ4v) is 2.64. The normalized spacial score (nSPS) is 20.7. The van der Waals surface area contributed by atoms with E-state index in [2.05, 4.69) is 67.5 Å². The van der Waals surface area contributed by atoms with Gasteiger partial charge in [0.1, 0.15) is 0 Å². The first-order valence-corrected chi connectivity index (χ1v) is 9.01. The van der Waals surface area contributed by atoms with Crippen molar-refractivity contribution >= 4 is 5.96 Å². The lowest BCUT2D eigenvalue weighted by Gasteiger charge is -2.18. The molecule has 23 heavy (non-hydrogen) atoms. The van der Waals surface area contributed by atoms with E-state index in [9.17, 15) is 0 Å². The van der Waals surface area contributed by atoms with E-state index in [1.807, 2.05) is 0 Å². The van der Waals surface area contributed by atoms with Crippen molar-refractivity contribution in [1.29, 1.82) is 0 Å². The number of rotatable bonds is 8. The van der Waals surface area contributed by atoms with Crippen LogP contribution in [0.3, 0.4) is 0 Å². The minimum atomic E-state index is 0.601. The van der Waals surface area contributed by atoms with Gasteiger partial charge in [0.05, 0.1) is 6.54 Å². The van der Waals surface area contributed by atoms with Crippen LogP contribution in [0.25, 0.3) is 0 Å². The van der Waals surface area contributed by atoms with E-state index >= 15 is 0 Å². The Morgan fingerprint density at radius 3 is 2.26 bits per heavy atom. The molecule has 2 rings (SSSR count). The highest BCUT2D eigenvalue weighted by atomic mass is 15.2. The largest absolute Gasteiger partial charge is 0.357 e. The van der Waals surface area contributed by atoms with E-state index in [4.69, 9.17) is 4.99 Å². The summed E-state index contributed by atoms with van der Waals surface area (Å²) in [6, 6.07) is 9.46. The molecule has 4 nitrogen and oxygen atoms in total. The molecular weight excluding hydrogens is 284 g/mol. The molecule has 0 spiro atoms. The molecule has 128 valence electrons. The van der Waals surface area contributed by atoms with E-state index in [1.165, 1.54) is 17.5 Å². The van der Waals surface area contributed by atoms with Crippen molar-refractivity contribution in [3.8, 4) is 0 Å². The van der Waals surface area contributed by atoms with Gasteiger partial charge in [0.25, 0.3) is 0 Å². The summed E-state index contributed by atoms with van der Waals surface area (Å²) in [5.74, 6) is 1.72. The average Bonchev–Trinajstić information content (AvgIpc) is 3.26. The van der Waals surface area contributed by atoms with E-state index < -0.39 is 0 Å². The molecule has 0 saturated heterocycles. The van der Waals surface area contributed by atoms with E-state index in [0.717, 1.165) is 44.6 Å². The van der Waals surface area contributed by atoms with Gasteiger partial charge in [-0.05, 0) is 43.5 Å². The lowest BCUT2D eigenvalue weighted by atomic mass is 10.1. The third-order valence-electron chi connectivity index (χ3n) is 4.52. The summed E-state index contributed by atoms with van der Waals surface area (Å²) in [5, 5.41) is 6.83. The Labute approximate surface area is 141 Å². The highest BCUT2D eigenvalue weighted by Gasteiger charge is 2.33. The molecule has 4 heteroatoms. The monoisotopic (exact) mass is 316 g/mol. The summed E-state index contributed by atoms with van der Waals surface area (Å²) in [6.07, 6.45) is 1.25. The van der Waals surface area contributed by atoms with E-state index in [-0.39, 0.29) is 0 Å². The van der Waals surface area contributed by atoms with Crippen LogP contribution in [-0.2, 0) is 13.1 Å². The van der Waals surface area contributed by atoms with Gasteiger partial charge in [-0.3, -0.25) is 4.90 Å². The maximum absolute atomic E-state index is 4.71. The second kappa shape index (κ2) is 8.92. The Morgan fingerprint density at radius 1 is 1.13 bits per heavy atom. The molecule has 0 radical (unpaired) electrons. The van der Waals surface area contributed by atoms with Crippen molar-refractivity contribution in [2.75, 3.05) is 19.6 Å². The second-order valence-electron chi connectivity index (χ2n) is 6.44. The molecule has 1 saturated carbocycles. The molecule has 2 atom stereocenters. The zero-order chi connectivity index (χ0) is 16.7. The maximum atomic E-state index is 4.71. The number of benzene rings is 1. The predicted molar refractivity (Wildman–Crippen MR) is 98.6 cm³/mol. The average molecular weight is 316 g/mol. The summed E-state index contributed by atoms with van der Waals surface area (Å²) in [5.41, 5.74) is 2.63. The molecule has 0 bridgehead atoms. The highest BCUT2D eigenvalue weighted by molar-refractivity contribution is 5.80. The predicted octanol–water partition coefficient (Wildman–Crippen LogP) is 2.99. The number of hydrogen-bond donors (Lipinski definition) is 2. The molecular formula is C19H32N4. The zero-order valence-electron chi connectivity index (χ0n) is 15.1. The first-order chi connectivity index (χ1) is 11.2. The molecule has 1 aromatic carbocycles. The Hall–Kier alpha value is -1.55. The van der Waals surface area contributed by atoms with Crippen molar-refractivity contribution in [3.05, 3.63) is 35.4 Å². The fourth-order valence-electron chi connectivity index (χ4n) is 2.64. The standard InChI is InChI=1S/C19H32N4/c1-5-20-19(22-18-12-15(18)4)21-13-16-8-10-17(11-9-16)14-23(6-2)7-3/h8-11,15,18H,5-7,12-14H2,1-4H3,(H2,20,21,22). The van der Waals surface area contributed by atoms with Crippen LogP contribution < -0.4 is 10.6 Å². The molecule has 2 unspecified atom stereocenters. The van der Waals surface area contributed by atoms with Gasteiger partial charge in [0.2, 0.25) is 0 Å². The molecule has 1 aliphatic carbocycles. The summed E-state index contributed by atoms with van der Waals surface area (Å²) in [7, 11) is 0. The van der Waals surface area contributed by atoms with Gasteiger partial charge in [0, 0.05) is 19.1 Å². The SMILES string of the molecule is CCNC(=NCc1ccc(CN(CC)CC)cc1)NC1CC1C. The van der Waals surface area contributed by atoms with Crippen LogP contribution in [0.4, 0.5) is 0 Å². The fraction of sp³-hybridized carbons (Fsp3) is 0.632. The highest BCUT2D eigenvalue weighted by Crippen LogP contribution is 2.28. The Balaban J connectivity index is 1.89. The zero-order valence-corrected chi connectivity index (χ0v) is 15.1. The number of nitrogens with one attached hydrogen (secondary N) is 2. The molecule has 2 N–H and O–H groups in total. The molecule has 1 aliphatic rings. The summed E-state index contributed by atoms with van der Waals surface area (Å²) < 4.78 is 0. The lowest BCUT2D eigenvalue weighted by molar-refractivity contribution is 0.296. The quantitative estimate of drug-likeness (QED) is 0.572. The molecule has 0 aromatic heterocycles. The first kappa shape index (κ1) is 17.8. The Morgan fingerprint density at radius 2 is 1.74 bits per heavy atom. The van der Waals surface area contributed by atoms with Crippen LogP contribution in [0.5, 0.6) is 0 Å². The van der Waals surface area contributed by atoms with Gasteiger partial charge >= 0.3 is 0 Å². The van der Waals surface area contributed by atoms with Gasteiger partial charge < -0.3 is 10.6 Å². The van der Waals surface area contributed by atoms with Gasteiger partial charge in [-0.25, -0.2) is 4.99 Å². The third-order valence-corrected chi connectivity index (χ3v) is 4.52. The van der Waals surface area contributed by atoms with E-state index in [1.54, 1.807) is 0 Å². The topological polar surface area (TPSA) is 39.7 Å². The maximum Gasteiger partial charge on any atom is 0.191 e. The van der Waals surface area contributed by atoms with Crippen LogP contribution in [0.2, 0.25) is 0 Å². The smallest absolute Gasteiger partial charge is 0.191 e. The van der Waals surface area contributed by atoms with Gasteiger partial charge in [-0.1, -0.05) is 45.0 Å². The van der Waals surface area contributed by atoms with Crippen LogP contribution in [0.15, 0.2) is 29.3 Å². The summed E-state index contributed by atoms with van der Waals surface area (Å²) >= 11 is 0.